The van der Waals surface area contributed by atoms with E-state index in [1.165, 1.54) is 25.2 Å². The molecule has 12 heteroatoms. The molecular formula is C27H23BClN3O6S. The van der Waals surface area contributed by atoms with E-state index < -0.39 is 17.1 Å². The van der Waals surface area contributed by atoms with Crippen LogP contribution in [-0.4, -0.2) is 38.5 Å². The molecule has 1 heterocycles. The molecule has 0 bridgehead atoms. The zero-order valence-electron chi connectivity index (χ0n) is 20.7. The molecule has 1 amide bonds. The van der Waals surface area contributed by atoms with Crippen molar-refractivity contribution in [2.45, 2.75) is 24.5 Å². The molecular weight excluding hydrogens is 541 g/mol. The number of carbonyl (C=O) groups is 1. The van der Waals surface area contributed by atoms with Crippen LogP contribution in [0.3, 0.4) is 0 Å². The number of furan rings is 1. The lowest BCUT2D eigenvalue weighted by molar-refractivity contribution is 0.0964. The Morgan fingerprint density at radius 3 is 2.49 bits per heavy atom. The summed E-state index contributed by atoms with van der Waals surface area (Å²) >= 11 is 6.04. The van der Waals surface area contributed by atoms with Crippen molar-refractivity contribution in [3.05, 3.63) is 81.9 Å². The summed E-state index contributed by atoms with van der Waals surface area (Å²) in [4.78, 5) is 12.9. The van der Waals surface area contributed by atoms with Gasteiger partial charge in [-0.3, -0.25) is 9.52 Å². The van der Waals surface area contributed by atoms with E-state index in [-0.39, 0.29) is 34.3 Å². The first-order valence-corrected chi connectivity index (χ1v) is 14.1. The van der Waals surface area contributed by atoms with E-state index in [2.05, 4.69) is 10.0 Å². The van der Waals surface area contributed by atoms with Gasteiger partial charge in [0.2, 0.25) is 10.0 Å². The summed E-state index contributed by atoms with van der Waals surface area (Å²) in [6.45, 7) is 0. The normalized spacial score (nSPS) is 13.2. The molecule has 1 aromatic heterocycles. The fourth-order valence-corrected chi connectivity index (χ4v) is 5.96. The van der Waals surface area contributed by atoms with Gasteiger partial charge in [-0.05, 0) is 83.9 Å². The van der Waals surface area contributed by atoms with Crippen LogP contribution in [0.2, 0.25) is 5.02 Å². The van der Waals surface area contributed by atoms with E-state index in [0.717, 1.165) is 18.4 Å². The lowest BCUT2D eigenvalue weighted by Gasteiger charge is -2.13. The molecule has 3 aromatic carbocycles. The third-order valence-electron chi connectivity index (χ3n) is 6.60. The minimum absolute atomic E-state index is 0.0249. The number of benzene rings is 3. The average molecular weight is 564 g/mol. The minimum atomic E-state index is -3.94. The van der Waals surface area contributed by atoms with Crippen molar-refractivity contribution in [2.75, 3.05) is 11.8 Å². The smallest absolute Gasteiger partial charge is 0.455 e. The maximum Gasteiger partial charge on any atom is 0.489 e. The molecule has 4 N–H and O–H groups in total. The molecule has 0 radical (unpaired) electrons. The summed E-state index contributed by atoms with van der Waals surface area (Å²) in [5.74, 6) is -0.169. The van der Waals surface area contributed by atoms with Crippen LogP contribution >= 0.6 is 11.6 Å². The summed E-state index contributed by atoms with van der Waals surface area (Å²) in [6, 6.07) is 16.1. The summed E-state index contributed by atoms with van der Waals surface area (Å²) < 4.78 is 35.0. The van der Waals surface area contributed by atoms with Gasteiger partial charge in [-0.15, -0.1) is 0 Å². The number of fused-ring (bicyclic) bond motifs is 1. The van der Waals surface area contributed by atoms with Gasteiger partial charge in [0, 0.05) is 28.7 Å². The molecule has 198 valence electrons. The van der Waals surface area contributed by atoms with Crippen molar-refractivity contribution >= 4 is 56.8 Å². The number of hydrogen-bond donors (Lipinski definition) is 4. The van der Waals surface area contributed by atoms with Crippen molar-refractivity contribution in [3.8, 4) is 17.4 Å². The standard InChI is InChI=1S/C27H23BClN3O6S/c1-31-27(33)25-22-12-21(15-2-3-15)18(11-24(22)38-26(25)16-4-6-19(29)7-5-16)14-39(36,37)32-20-8-9-23(28(34)35)17(10-20)13-30/h4-12,15,32,34-35H,2-3,14H2,1H3,(H,31,33). The molecule has 1 aliphatic carbocycles. The maximum absolute atomic E-state index is 13.2. The second kappa shape index (κ2) is 10.4. The van der Waals surface area contributed by atoms with Gasteiger partial charge in [-0.25, -0.2) is 8.42 Å². The first-order valence-electron chi connectivity index (χ1n) is 12.1. The van der Waals surface area contributed by atoms with E-state index in [1.807, 2.05) is 12.1 Å². The number of nitriles is 1. The third kappa shape index (κ3) is 5.51. The van der Waals surface area contributed by atoms with Crippen molar-refractivity contribution in [1.29, 1.82) is 5.26 Å². The molecule has 5 rings (SSSR count). The van der Waals surface area contributed by atoms with Crippen LogP contribution in [0.1, 0.15) is 45.8 Å². The number of carbonyl (C=O) groups excluding carboxylic acids is 1. The number of sulfonamides is 1. The number of rotatable bonds is 8. The Balaban J connectivity index is 1.55. The monoisotopic (exact) mass is 563 g/mol. The number of nitrogens with one attached hydrogen (secondary N) is 2. The Morgan fingerprint density at radius 1 is 1.15 bits per heavy atom. The fourth-order valence-electron chi connectivity index (χ4n) is 4.62. The Hall–Kier alpha value is -3.82. The molecule has 0 aliphatic heterocycles. The van der Waals surface area contributed by atoms with Crippen molar-refractivity contribution < 1.29 is 27.7 Å². The molecule has 1 fully saturated rings. The van der Waals surface area contributed by atoms with Crippen LogP contribution in [0, 0.1) is 11.3 Å². The highest BCUT2D eigenvalue weighted by Gasteiger charge is 2.31. The van der Waals surface area contributed by atoms with Crippen LogP contribution in [-0.2, 0) is 15.8 Å². The highest BCUT2D eigenvalue weighted by molar-refractivity contribution is 7.91. The largest absolute Gasteiger partial charge is 0.489 e. The zero-order chi connectivity index (χ0) is 27.9. The third-order valence-corrected chi connectivity index (χ3v) is 8.09. The Bertz CT molecular complexity index is 1740. The van der Waals surface area contributed by atoms with E-state index in [1.54, 1.807) is 30.3 Å². The van der Waals surface area contributed by atoms with Crippen LogP contribution in [0.25, 0.3) is 22.3 Å². The van der Waals surface area contributed by atoms with E-state index in [4.69, 9.17) is 16.0 Å². The van der Waals surface area contributed by atoms with E-state index in [9.17, 15) is 28.5 Å². The highest BCUT2D eigenvalue weighted by Crippen LogP contribution is 2.45. The second-order valence-corrected chi connectivity index (χ2v) is 11.5. The lowest BCUT2D eigenvalue weighted by Crippen LogP contribution is -2.32. The van der Waals surface area contributed by atoms with Crippen LogP contribution in [0.4, 0.5) is 5.69 Å². The number of hydrogen-bond acceptors (Lipinski definition) is 7. The SMILES string of the molecule is CNC(=O)c1c(-c2ccc(Cl)cc2)oc2cc(CS(=O)(=O)Nc3ccc(B(O)O)c(C#N)c3)c(C3CC3)cc12. The molecule has 39 heavy (non-hydrogen) atoms. The van der Waals surface area contributed by atoms with Gasteiger partial charge in [0.15, 0.2) is 0 Å². The van der Waals surface area contributed by atoms with Crippen molar-refractivity contribution in [1.82, 2.24) is 5.32 Å². The first kappa shape index (κ1) is 26.8. The van der Waals surface area contributed by atoms with Crippen molar-refractivity contribution in [2.24, 2.45) is 0 Å². The number of halogens is 1. The van der Waals surface area contributed by atoms with Crippen LogP contribution in [0.5, 0.6) is 0 Å². The Morgan fingerprint density at radius 2 is 1.87 bits per heavy atom. The van der Waals surface area contributed by atoms with Gasteiger partial charge in [0.05, 0.1) is 22.9 Å². The maximum atomic E-state index is 13.2. The topological polar surface area (TPSA) is 153 Å². The highest BCUT2D eigenvalue weighted by atomic mass is 35.5. The summed E-state index contributed by atoms with van der Waals surface area (Å²) in [7, 11) is -4.27. The Kier molecular flexibility index (Phi) is 7.14. The number of amides is 1. The van der Waals surface area contributed by atoms with Gasteiger partial charge in [0.25, 0.3) is 5.91 Å². The van der Waals surface area contributed by atoms with Gasteiger partial charge in [-0.2, -0.15) is 5.26 Å². The molecule has 0 saturated heterocycles. The zero-order valence-corrected chi connectivity index (χ0v) is 22.3. The molecule has 0 spiro atoms. The quantitative estimate of drug-likeness (QED) is 0.239. The van der Waals surface area contributed by atoms with Crippen molar-refractivity contribution in [3.63, 3.8) is 0 Å². The molecule has 0 unspecified atom stereocenters. The predicted molar refractivity (Wildman–Crippen MR) is 149 cm³/mol. The summed E-state index contributed by atoms with van der Waals surface area (Å²) in [5, 5.41) is 31.9. The molecule has 1 aliphatic rings. The van der Waals surface area contributed by atoms with Gasteiger partial charge in [-0.1, -0.05) is 17.7 Å². The lowest BCUT2D eigenvalue weighted by atomic mass is 9.77. The summed E-state index contributed by atoms with van der Waals surface area (Å²) in [6.07, 6.45) is 1.80. The number of nitrogens with zero attached hydrogens (tertiary/aromatic N) is 1. The van der Waals surface area contributed by atoms with E-state index >= 15 is 0 Å². The van der Waals surface area contributed by atoms with Gasteiger partial charge < -0.3 is 19.8 Å². The second-order valence-electron chi connectivity index (χ2n) is 9.36. The van der Waals surface area contributed by atoms with E-state index in [0.29, 0.717) is 38.4 Å². The minimum Gasteiger partial charge on any atom is -0.455 e. The van der Waals surface area contributed by atoms with Crippen LogP contribution in [0.15, 0.2) is 59.0 Å². The number of anilines is 1. The first-order chi connectivity index (χ1) is 18.6. The molecule has 1 saturated carbocycles. The molecule has 9 nitrogen and oxygen atoms in total. The van der Waals surface area contributed by atoms with Gasteiger partial charge >= 0.3 is 7.12 Å². The molecule has 0 atom stereocenters. The Labute approximate surface area is 230 Å². The van der Waals surface area contributed by atoms with Crippen LogP contribution < -0.4 is 15.5 Å². The predicted octanol–water partition coefficient (Wildman–Crippen LogP) is 3.48. The average Bonchev–Trinajstić information content (AvgIpc) is 3.68. The summed E-state index contributed by atoms with van der Waals surface area (Å²) in [5.41, 5.74) is 2.80. The van der Waals surface area contributed by atoms with Gasteiger partial charge in [0.1, 0.15) is 11.3 Å². The molecule has 4 aromatic rings. The fraction of sp³-hybridized carbons (Fsp3) is 0.185.